The summed E-state index contributed by atoms with van der Waals surface area (Å²) in [6.07, 6.45) is 1.54. The maximum absolute atomic E-state index is 12.4. The molecule has 1 aromatic heterocycles. The molecule has 0 fully saturated rings. The number of Topliss-reactive ketones (excluding diaryl/α,β-unsaturated/α-hetero) is 2. The largest absolute Gasteiger partial charge is 0.354 e. The van der Waals surface area contributed by atoms with E-state index in [1.807, 2.05) is 6.07 Å². The van der Waals surface area contributed by atoms with Crippen LogP contribution in [0.3, 0.4) is 0 Å². The molecule has 6 nitrogen and oxygen atoms in total. The molecule has 28 heavy (non-hydrogen) atoms. The Morgan fingerprint density at radius 1 is 0.750 bits per heavy atom. The normalized spacial score (nSPS) is 10.2. The number of carbonyl (C=O) groups is 3. The maximum Gasteiger partial charge on any atom is 0.274 e. The molecule has 0 aliphatic rings. The average Bonchev–Trinajstić information content (AvgIpc) is 2.69. The zero-order valence-electron chi connectivity index (χ0n) is 15.5. The number of aromatic nitrogens is 1. The summed E-state index contributed by atoms with van der Waals surface area (Å²) in [7, 11) is 0. The van der Waals surface area contributed by atoms with E-state index < -0.39 is 0 Å². The molecule has 3 rings (SSSR count). The number of hydrogen-bond donors (Lipinski definition) is 2. The second-order valence-corrected chi connectivity index (χ2v) is 6.29. The standard InChI is InChI=1S/C22H19N3O3/c1-14(26)16-5-3-7-18(11-16)24-20-9-10-21(23-13-20)22(28)25-19-8-4-6-17(12-19)15(2)27/h3-13,24H,1-2H3,(H,25,28). The molecule has 3 aromatic rings. The minimum Gasteiger partial charge on any atom is -0.354 e. The van der Waals surface area contributed by atoms with Crippen LogP contribution in [0.5, 0.6) is 0 Å². The Labute approximate surface area is 162 Å². The molecule has 140 valence electrons. The lowest BCUT2D eigenvalue weighted by atomic mass is 10.1. The highest BCUT2D eigenvalue weighted by Gasteiger charge is 2.09. The van der Waals surface area contributed by atoms with Gasteiger partial charge < -0.3 is 10.6 Å². The van der Waals surface area contributed by atoms with E-state index >= 15 is 0 Å². The van der Waals surface area contributed by atoms with Crippen LogP contribution in [0.4, 0.5) is 17.1 Å². The van der Waals surface area contributed by atoms with Gasteiger partial charge in [0.15, 0.2) is 11.6 Å². The van der Waals surface area contributed by atoms with Crippen LogP contribution in [0.2, 0.25) is 0 Å². The summed E-state index contributed by atoms with van der Waals surface area (Å²) in [6.45, 7) is 2.99. The lowest BCUT2D eigenvalue weighted by molar-refractivity contribution is 0.100. The van der Waals surface area contributed by atoms with Crippen molar-refractivity contribution >= 4 is 34.5 Å². The minimum absolute atomic E-state index is 0.0114. The molecule has 0 saturated carbocycles. The molecule has 0 saturated heterocycles. The van der Waals surface area contributed by atoms with Crippen molar-refractivity contribution in [1.29, 1.82) is 0 Å². The van der Waals surface area contributed by atoms with E-state index in [4.69, 9.17) is 0 Å². The summed E-state index contributed by atoms with van der Waals surface area (Å²) in [5.41, 5.74) is 3.36. The van der Waals surface area contributed by atoms with E-state index in [0.29, 0.717) is 22.5 Å². The number of amides is 1. The Morgan fingerprint density at radius 2 is 1.36 bits per heavy atom. The van der Waals surface area contributed by atoms with Crippen molar-refractivity contribution in [2.45, 2.75) is 13.8 Å². The first-order valence-electron chi connectivity index (χ1n) is 8.69. The lowest BCUT2D eigenvalue weighted by Gasteiger charge is -2.09. The van der Waals surface area contributed by atoms with Crippen LogP contribution >= 0.6 is 0 Å². The molecular weight excluding hydrogens is 354 g/mol. The Morgan fingerprint density at radius 3 is 1.93 bits per heavy atom. The number of nitrogens with zero attached hydrogens (tertiary/aromatic N) is 1. The van der Waals surface area contributed by atoms with Crippen molar-refractivity contribution in [2.24, 2.45) is 0 Å². The molecular formula is C22H19N3O3. The fourth-order valence-electron chi connectivity index (χ4n) is 2.60. The number of ketones is 2. The molecule has 6 heteroatoms. The van der Waals surface area contributed by atoms with Gasteiger partial charge in [-0.1, -0.05) is 24.3 Å². The van der Waals surface area contributed by atoms with Crippen LogP contribution in [-0.4, -0.2) is 22.5 Å². The van der Waals surface area contributed by atoms with Gasteiger partial charge >= 0.3 is 0 Å². The monoisotopic (exact) mass is 373 g/mol. The van der Waals surface area contributed by atoms with Crippen molar-refractivity contribution in [3.8, 4) is 0 Å². The third kappa shape index (κ3) is 4.67. The first-order valence-corrected chi connectivity index (χ1v) is 8.69. The third-order valence-electron chi connectivity index (χ3n) is 4.08. The Hall–Kier alpha value is -3.80. The van der Waals surface area contributed by atoms with Crippen molar-refractivity contribution in [3.05, 3.63) is 83.7 Å². The van der Waals surface area contributed by atoms with Gasteiger partial charge in [-0.25, -0.2) is 4.98 Å². The van der Waals surface area contributed by atoms with Crippen LogP contribution < -0.4 is 10.6 Å². The molecule has 2 aromatic carbocycles. The van der Waals surface area contributed by atoms with Crippen molar-refractivity contribution in [2.75, 3.05) is 10.6 Å². The van der Waals surface area contributed by atoms with Crippen molar-refractivity contribution in [3.63, 3.8) is 0 Å². The molecule has 0 bridgehead atoms. The molecule has 0 atom stereocenters. The number of carbonyl (C=O) groups excluding carboxylic acids is 3. The van der Waals surface area contributed by atoms with Crippen LogP contribution in [0.25, 0.3) is 0 Å². The van der Waals surface area contributed by atoms with E-state index in [0.717, 1.165) is 5.69 Å². The smallest absolute Gasteiger partial charge is 0.274 e. The fourth-order valence-corrected chi connectivity index (χ4v) is 2.60. The van der Waals surface area contributed by atoms with Gasteiger partial charge in [0.1, 0.15) is 5.69 Å². The van der Waals surface area contributed by atoms with E-state index in [9.17, 15) is 14.4 Å². The Bertz CT molecular complexity index is 1040. The van der Waals surface area contributed by atoms with Crippen LogP contribution in [-0.2, 0) is 0 Å². The summed E-state index contributed by atoms with van der Waals surface area (Å²) in [6, 6.07) is 17.2. The van der Waals surface area contributed by atoms with E-state index in [2.05, 4.69) is 15.6 Å². The summed E-state index contributed by atoms with van der Waals surface area (Å²) >= 11 is 0. The van der Waals surface area contributed by atoms with Crippen molar-refractivity contribution < 1.29 is 14.4 Å². The highest BCUT2D eigenvalue weighted by molar-refractivity contribution is 6.04. The van der Waals surface area contributed by atoms with Gasteiger partial charge in [0.05, 0.1) is 11.9 Å². The molecule has 0 aliphatic heterocycles. The van der Waals surface area contributed by atoms with Gasteiger partial charge in [-0.2, -0.15) is 0 Å². The quantitative estimate of drug-likeness (QED) is 0.622. The predicted octanol–water partition coefficient (Wildman–Crippen LogP) is 4.48. The second-order valence-electron chi connectivity index (χ2n) is 6.29. The minimum atomic E-state index is -0.370. The third-order valence-corrected chi connectivity index (χ3v) is 4.08. The van der Waals surface area contributed by atoms with Crippen LogP contribution in [0, 0.1) is 0 Å². The number of benzene rings is 2. The zero-order chi connectivity index (χ0) is 20.1. The van der Waals surface area contributed by atoms with Crippen LogP contribution in [0.1, 0.15) is 45.1 Å². The summed E-state index contributed by atoms with van der Waals surface area (Å²) in [5.74, 6) is -0.452. The van der Waals surface area contributed by atoms with Crippen molar-refractivity contribution in [1.82, 2.24) is 4.98 Å². The van der Waals surface area contributed by atoms with Gasteiger partial charge in [-0.3, -0.25) is 14.4 Å². The number of pyridine rings is 1. The van der Waals surface area contributed by atoms with E-state index in [-0.39, 0.29) is 23.2 Å². The first kappa shape index (κ1) is 19.0. The molecule has 1 amide bonds. The Balaban J connectivity index is 1.69. The summed E-state index contributed by atoms with van der Waals surface area (Å²) < 4.78 is 0. The van der Waals surface area contributed by atoms with Gasteiger partial charge in [-0.15, -0.1) is 0 Å². The van der Waals surface area contributed by atoms with E-state index in [1.165, 1.54) is 13.8 Å². The Kier molecular flexibility index (Phi) is 5.60. The summed E-state index contributed by atoms with van der Waals surface area (Å²) in [5, 5.41) is 5.88. The predicted molar refractivity (Wildman–Crippen MR) is 108 cm³/mol. The molecule has 0 radical (unpaired) electrons. The molecule has 1 heterocycles. The highest BCUT2D eigenvalue weighted by atomic mass is 16.2. The SMILES string of the molecule is CC(=O)c1cccc(NC(=O)c2ccc(Nc3cccc(C(C)=O)c3)cn2)c1. The maximum atomic E-state index is 12.4. The number of rotatable bonds is 6. The fraction of sp³-hybridized carbons (Fsp3) is 0.0909. The molecule has 0 unspecified atom stereocenters. The second kappa shape index (κ2) is 8.26. The topological polar surface area (TPSA) is 88.2 Å². The van der Waals surface area contributed by atoms with Crippen LogP contribution in [0.15, 0.2) is 66.9 Å². The molecule has 2 N–H and O–H groups in total. The van der Waals surface area contributed by atoms with E-state index in [1.54, 1.807) is 60.8 Å². The lowest BCUT2D eigenvalue weighted by Crippen LogP contribution is -2.14. The first-order chi connectivity index (χ1) is 13.4. The zero-order valence-corrected chi connectivity index (χ0v) is 15.5. The van der Waals surface area contributed by atoms with Gasteiger partial charge in [0.2, 0.25) is 0 Å². The summed E-state index contributed by atoms with van der Waals surface area (Å²) in [4.78, 5) is 39.5. The molecule has 0 spiro atoms. The number of nitrogens with one attached hydrogen (secondary N) is 2. The van der Waals surface area contributed by atoms with Gasteiger partial charge in [-0.05, 0) is 50.2 Å². The number of anilines is 3. The molecule has 0 aliphatic carbocycles. The average molecular weight is 373 g/mol. The van der Waals surface area contributed by atoms with Gasteiger partial charge in [0.25, 0.3) is 5.91 Å². The van der Waals surface area contributed by atoms with Gasteiger partial charge in [0, 0.05) is 22.5 Å². The number of hydrogen-bond acceptors (Lipinski definition) is 5. The highest BCUT2D eigenvalue weighted by Crippen LogP contribution is 2.18.